The Morgan fingerprint density at radius 1 is 1.08 bits per heavy atom. The quantitative estimate of drug-likeness (QED) is 0.259. The van der Waals surface area contributed by atoms with Crippen LogP contribution in [0.1, 0.15) is 11.1 Å². The van der Waals surface area contributed by atoms with Crippen molar-refractivity contribution in [1.29, 1.82) is 0 Å². The van der Waals surface area contributed by atoms with E-state index in [9.17, 15) is 4.79 Å². The number of fused-ring (bicyclic) bond motifs is 1. The first-order valence-electron chi connectivity index (χ1n) is 11.0. The number of rotatable bonds is 5. The predicted molar refractivity (Wildman–Crippen MR) is 153 cm³/mol. The molecule has 180 valence electrons. The van der Waals surface area contributed by atoms with Gasteiger partial charge in [0, 0.05) is 30.4 Å². The van der Waals surface area contributed by atoms with Gasteiger partial charge in [-0.2, -0.15) is 5.01 Å². The highest BCUT2D eigenvalue weighted by Crippen LogP contribution is 2.28. The lowest BCUT2D eigenvalue weighted by molar-refractivity contribution is -0.123. The van der Waals surface area contributed by atoms with Crippen LogP contribution in [0.2, 0.25) is 5.02 Å². The maximum Gasteiger partial charge on any atom is 0.297 e. The maximum atomic E-state index is 13.4. The smallest absolute Gasteiger partial charge is 0.297 e. The number of hydrazine groups is 1. The number of anilines is 2. The monoisotopic (exact) mass is 532 g/mol. The molecule has 0 aliphatic carbocycles. The number of nitrogens with one attached hydrogen (secondary N) is 2. The minimum absolute atomic E-state index is 0.216. The number of carbonyl (C=O) groups is 1. The maximum absolute atomic E-state index is 13.4. The Labute approximate surface area is 222 Å². The van der Waals surface area contributed by atoms with Crippen molar-refractivity contribution in [2.45, 2.75) is 0 Å². The van der Waals surface area contributed by atoms with Gasteiger partial charge in [0.15, 0.2) is 16.1 Å². The van der Waals surface area contributed by atoms with Crippen LogP contribution in [0.15, 0.2) is 83.5 Å². The van der Waals surface area contributed by atoms with Gasteiger partial charge in [0.1, 0.15) is 5.70 Å². The summed E-state index contributed by atoms with van der Waals surface area (Å²) in [6.07, 6.45) is 1.76. The summed E-state index contributed by atoms with van der Waals surface area (Å²) in [6, 6.07) is 22.9. The van der Waals surface area contributed by atoms with Crippen molar-refractivity contribution in [3.8, 4) is 0 Å². The zero-order chi connectivity index (χ0) is 25.2. The van der Waals surface area contributed by atoms with E-state index in [1.54, 1.807) is 12.1 Å². The van der Waals surface area contributed by atoms with Gasteiger partial charge in [0.25, 0.3) is 5.91 Å². The molecule has 10 heteroatoms. The summed E-state index contributed by atoms with van der Waals surface area (Å²) in [5, 5.41) is 5.86. The van der Waals surface area contributed by atoms with Gasteiger partial charge in [-0.25, -0.2) is 9.98 Å². The first-order valence-corrected chi connectivity index (χ1v) is 12.6. The number of hydrogen-bond acceptors (Lipinski definition) is 6. The zero-order valence-electron chi connectivity index (χ0n) is 19.4. The van der Waals surface area contributed by atoms with E-state index >= 15 is 0 Å². The molecule has 0 unspecified atom stereocenters. The van der Waals surface area contributed by atoms with Crippen molar-refractivity contribution in [1.82, 2.24) is 15.4 Å². The third kappa shape index (κ3) is 5.08. The molecule has 5 rings (SSSR count). The van der Waals surface area contributed by atoms with Gasteiger partial charge >= 0.3 is 0 Å². The number of amides is 1. The van der Waals surface area contributed by atoms with Crippen molar-refractivity contribution in [2.24, 2.45) is 4.99 Å². The van der Waals surface area contributed by atoms with E-state index in [2.05, 4.69) is 20.7 Å². The molecule has 0 bridgehead atoms. The van der Waals surface area contributed by atoms with E-state index < -0.39 is 0 Å². The molecule has 7 nitrogen and oxygen atoms in total. The Morgan fingerprint density at radius 2 is 1.83 bits per heavy atom. The second-order valence-electron chi connectivity index (χ2n) is 8.15. The number of halogens is 1. The van der Waals surface area contributed by atoms with Crippen LogP contribution in [-0.2, 0) is 4.79 Å². The van der Waals surface area contributed by atoms with Gasteiger partial charge in [0.2, 0.25) is 0 Å². The molecule has 0 saturated heterocycles. The molecule has 0 radical (unpaired) electrons. The number of aliphatic imine (C=N–C) groups is 1. The average Bonchev–Trinajstić information content (AvgIpc) is 3.40. The summed E-state index contributed by atoms with van der Waals surface area (Å²) in [5.41, 5.74) is 6.82. The fraction of sp³-hybridized carbons (Fsp3) is 0.0769. The van der Waals surface area contributed by atoms with Crippen LogP contribution in [0, 0.1) is 0 Å². The molecule has 3 aromatic carbocycles. The van der Waals surface area contributed by atoms with Crippen LogP contribution in [0.25, 0.3) is 16.3 Å². The lowest BCUT2D eigenvalue weighted by Crippen LogP contribution is -2.48. The van der Waals surface area contributed by atoms with Crippen LogP contribution < -0.4 is 15.6 Å². The van der Waals surface area contributed by atoms with Crippen LogP contribution in [0.3, 0.4) is 0 Å². The lowest BCUT2D eigenvalue weighted by atomic mass is 10.1. The van der Waals surface area contributed by atoms with E-state index in [0.717, 1.165) is 27.0 Å². The second-order valence-corrected chi connectivity index (χ2v) is 10.0. The summed E-state index contributed by atoms with van der Waals surface area (Å²) in [7, 11) is 3.96. The molecule has 0 atom stereocenters. The summed E-state index contributed by atoms with van der Waals surface area (Å²) < 4.78 is 0.932. The Kier molecular flexibility index (Phi) is 6.69. The molecular formula is C26H21ClN6OS2. The number of aromatic nitrogens is 1. The number of hydrogen-bond donors (Lipinski definition) is 2. The number of thiocarbonyl (C=S) groups is 1. The van der Waals surface area contributed by atoms with Gasteiger partial charge in [0.05, 0.1) is 10.2 Å². The Bertz CT molecular complexity index is 1510. The first kappa shape index (κ1) is 23.9. The van der Waals surface area contributed by atoms with Gasteiger partial charge in [-0.15, -0.1) is 0 Å². The summed E-state index contributed by atoms with van der Waals surface area (Å²) in [6.45, 7) is 0. The molecule has 0 spiro atoms. The van der Waals surface area contributed by atoms with E-state index in [-0.39, 0.29) is 11.0 Å². The number of nitrogens with zero attached hydrogens (tertiary/aromatic N) is 4. The first-order chi connectivity index (χ1) is 17.4. The van der Waals surface area contributed by atoms with E-state index in [1.807, 2.05) is 85.7 Å². The second kappa shape index (κ2) is 10.1. The third-order valence-electron chi connectivity index (χ3n) is 5.39. The number of benzene rings is 3. The van der Waals surface area contributed by atoms with Gasteiger partial charge in [-0.3, -0.25) is 10.2 Å². The highest BCUT2D eigenvalue weighted by atomic mass is 35.5. The molecule has 2 heterocycles. The SMILES string of the molecule is CN(C)c1ccc(/C=C2\N=C(c3ccccc3)N(NC(=S)Nc3nc4ccc(Cl)cc4s3)C2=O)cc1. The van der Waals surface area contributed by atoms with Gasteiger partial charge in [-0.1, -0.05) is 65.4 Å². The highest BCUT2D eigenvalue weighted by Gasteiger charge is 2.32. The molecule has 1 amide bonds. The van der Waals surface area contributed by atoms with Crippen molar-refractivity contribution >= 4 is 79.1 Å². The predicted octanol–water partition coefficient (Wildman–Crippen LogP) is 5.55. The number of carbonyl (C=O) groups excluding carboxylic acids is 1. The summed E-state index contributed by atoms with van der Waals surface area (Å²) >= 11 is 13.0. The van der Waals surface area contributed by atoms with E-state index in [1.165, 1.54) is 16.3 Å². The van der Waals surface area contributed by atoms with Crippen LogP contribution in [0.5, 0.6) is 0 Å². The highest BCUT2D eigenvalue weighted by molar-refractivity contribution is 7.80. The van der Waals surface area contributed by atoms with Crippen LogP contribution in [0.4, 0.5) is 10.8 Å². The molecule has 1 aromatic heterocycles. The summed E-state index contributed by atoms with van der Waals surface area (Å²) in [5.74, 6) is 0.141. The van der Waals surface area contributed by atoms with E-state index in [4.69, 9.17) is 23.8 Å². The lowest BCUT2D eigenvalue weighted by Gasteiger charge is -2.20. The fourth-order valence-corrected chi connectivity index (χ4v) is 5.01. The number of thiazole rings is 1. The van der Waals surface area contributed by atoms with Crippen molar-refractivity contribution in [2.75, 3.05) is 24.3 Å². The number of amidine groups is 1. The standard InChI is InChI=1S/C26H21ClN6OS2/c1-32(2)19-11-8-16(9-12-19)14-21-24(34)33(23(28-21)17-6-4-3-5-7-17)31-25(35)30-26-29-20-13-10-18(27)15-22(20)36-26/h3-15H,1-2H3,(H2,29,30,31,35)/b21-14-. The Balaban J connectivity index is 1.40. The van der Waals surface area contributed by atoms with Gasteiger partial charge < -0.3 is 10.2 Å². The van der Waals surface area contributed by atoms with Crippen molar-refractivity contribution < 1.29 is 4.79 Å². The molecule has 1 aliphatic rings. The molecule has 36 heavy (non-hydrogen) atoms. The minimum atomic E-state index is -0.314. The topological polar surface area (TPSA) is 72.9 Å². The zero-order valence-corrected chi connectivity index (χ0v) is 21.8. The van der Waals surface area contributed by atoms with Crippen molar-refractivity contribution in [3.63, 3.8) is 0 Å². The van der Waals surface area contributed by atoms with E-state index in [0.29, 0.717) is 21.7 Å². The largest absolute Gasteiger partial charge is 0.378 e. The van der Waals surface area contributed by atoms with Gasteiger partial charge in [-0.05, 0) is 54.2 Å². The molecule has 1 aliphatic heterocycles. The van der Waals surface area contributed by atoms with Crippen LogP contribution in [-0.4, -0.2) is 40.9 Å². The Hall–Kier alpha value is -3.79. The third-order valence-corrected chi connectivity index (χ3v) is 6.75. The summed E-state index contributed by atoms with van der Waals surface area (Å²) in [4.78, 5) is 24.6. The van der Waals surface area contributed by atoms with Crippen LogP contribution >= 0.6 is 35.2 Å². The average molecular weight is 533 g/mol. The molecule has 0 saturated carbocycles. The molecule has 4 aromatic rings. The Morgan fingerprint density at radius 3 is 2.56 bits per heavy atom. The molecule has 0 fully saturated rings. The normalized spacial score (nSPS) is 14.3. The molecule has 2 N–H and O–H groups in total. The molecular weight excluding hydrogens is 512 g/mol. The fourth-order valence-electron chi connectivity index (χ4n) is 3.61. The van der Waals surface area contributed by atoms with Crippen molar-refractivity contribution in [3.05, 3.63) is 94.6 Å². The minimum Gasteiger partial charge on any atom is -0.378 e.